The van der Waals surface area contributed by atoms with E-state index < -0.39 is 16.1 Å². The summed E-state index contributed by atoms with van der Waals surface area (Å²) in [6, 6.07) is 11.7. The number of sulfonamides is 1. The average molecular weight is 489 g/mol. The van der Waals surface area contributed by atoms with Crippen LogP contribution >= 0.6 is 35.0 Å². The molecule has 1 unspecified atom stereocenters. The summed E-state index contributed by atoms with van der Waals surface area (Å²) in [6.45, 7) is 4.15. The molecule has 0 bridgehead atoms. The number of halogens is 2. The van der Waals surface area contributed by atoms with Crippen molar-refractivity contribution in [1.82, 2.24) is 5.32 Å². The van der Waals surface area contributed by atoms with Gasteiger partial charge in [0.05, 0.1) is 11.9 Å². The highest BCUT2D eigenvalue weighted by atomic mass is 35.5. The van der Waals surface area contributed by atoms with Crippen molar-refractivity contribution in [2.45, 2.75) is 32.1 Å². The molecule has 1 amide bonds. The summed E-state index contributed by atoms with van der Waals surface area (Å²) in [5.41, 5.74) is 2.48. The molecule has 0 fully saturated rings. The molecule has 1 N–H and O–H groups in total. The van der Waals surface area contributed by atoms with Crippen molar-refractivity contribution >= 4 is 56.6 Å². The molecule has 1 atom stereocenters. The van der Waals surface area contributed by atoms with Crippen LogP contribution in [0.15, 0.2) is 42.5 Å². The Balaban J connectivity index is 1.96. The Morgan fingerprint density at radius 1 is 1.17 bits per heavy atom. The lowest BCUT2D eigenvalue weighted by atomic mass is 10.1. The van der Waals surface area contributed by atoms with E-state index in [1.807, 2.05) is 25.1 Å². The topological polar surface area (TPSA) is 66.5 Å². The van der Waals surface area contributed by atoms with E-state index in [1.54, 1.807) is 43.0 Å². The van der Waals surface area contributed by atoms with Crippen molar-refractivity contribution < 1.29 is 13.2 Å². The van der Waals surface area contributed by atoms with Crippen molar-refractivity contribution in [3.05, 3.63) is 63.6 Å². The monoisotopic (exact) mass is 488 g/mol. The number of anilines is 1. The van der Waals surface area contributed by atoms with Gasteiger partial charge in [0.2, 0.25) is 15.9 Å². The van der Waals surface area contributed by atoms with Crippen LogP contribution in [0, 0.1) is 6.92 Å². The fraction of sp³-hybridized carbons (Fsp3) is 0.381. The number of aryl methyl sites for hydroxylation is 1. The standard InChI is InChI=1S/C21H26Cl2N2O3S2/c1-4-20(25(30(3,27)28)18-9-5-15(2)6-10-18)21(26)24-11-12-29-14-16-7-8-17(22)13-19(16)23/h5-10,13,20H,4,11-12,14H2,1-3H3,(H,24,26). The molecule has 164 valence electrons. The summed E-state index contributed by atoms with van der Waals surface area (Å²) >= 11 is 13.7. The number of benzene rings is 2. The largest absolute Gasteiger partial charge is 0.353 e. The zero-order chi connectivity index (χ0) is 22.3. The van der Waals surface area contributed by atoms with Crippen LogP contribution in [0.4, 0.5) is 5.69 Å². The van der Waals surface area contributed by atoms with E-state index in [0.717, 1.165) is 17.4 Å². The first-order chi connectivity index (χ1) is 14.1. The predicted octanol–water partition coefficient (Wildman–Crippen LogP) is 4.90. The third-order valence-corrected chi connectivity index (χ3v) is 7.21. The summed E-state index contributed by atoms with van der Waals surface area (Å²) < 4.78 is 26.1. The first kappa shape index (κ1) is 24.9. The molecule has 0 saturated heterocycles. The van der Waals surface area contributed by atoms with E-state index in [2.05, 4.69) is 5.32 Å². The molecule has 2 aromatic rings. The zero-order valence-corrected chi connectivity index (χ0v) is 20.3. The van der Waals surface area contributed by atoms with Crippen molar-refractivity contribution in [3.8, 4) is 0 Å². The number of nitrogens with zero attached hydrogens (tertiary/aromatic N) is 1. The maximum absolute atomic E-state index is 12.8. The van der Waals surface area contributed by atoms with Crippen LogP contribution in [0.1, 0.15) is 24.5 Å². The number of nitrogens with one attached hydrogen (secondary N) is 1. The minimum atomic E-state index is -3.62. The van der Waals surface area contributed by atoms with Gasteiger partial charge in [0.25, 0.3) is 0 Å². The smallest absolute Gasteiger partial charge is 0.243 e. The Hall–Kier alpha value is -1.41. The van der Waals surface area contributed by atoms with E-state index >= 15 is 0 Å². The van der Waals surface area contributed by atoms with Gasteiger partial charge in [-0.05, 0) is 43.2 Å². The molecular weight excluding hydrogens is 463 g/mol. The van der Waals surface area contributed by atoms with E-state index in [9.17, 15) is 13.2 Å². The maximum Gasteiger partial charge on any atom is 0.243 e. The average Bonchev–Trinajstić information content (AvgIpc) is 2.67. The quantitative estimate of drug-likeness (QED) is 0.483. The van der Waals surface area contributed by atoms with E-state index in [1.165, 1.54) is 4.31 Å². The summed E-state index contributed by atoms with van der Waals surface area (Å²) in [7, 11) is -3.62. The summed E-state index contributed by atoms with van der Waals surface area (Å²) in [4.78, 5) is 12.8. The lowest BCUT2D eigenvalue weighted by molar-refractivity contribution is -0.122. The van der Waals surface area contributed by atoms with Gasteiger partial charge in [-0.3, -0.25) is 9.10 Å². The van der Waals surface area contributed by atoms with Gasteiger partial charge in [-0.15, -0.1) is 0 Å². The lowest BCUT2D eigenvalue weighted by Crippen LogP contribution is -2.49. The second-order valence-corrected chi connectivity index (χ2v) is 10.7. The zero-order valence-electron chi connectivity index (χ0n) is 17.2. The Kier molecular flexibility index (Phi) is 9.34. The van der Waals surface area contributed by atoms with Crippen LogP contribution < -0.4 is 9.62 Å². The Morgan fingerprint density at radius 2 is 1.83 bits per heavy atom. The Labute approximate surface area is 193 Å². The van der Waals surface area contributed by atoms with Crippen LogP contribution in [0.5, 0.6) is 0 Å². The van der Waals surface area contributed by atoms with Crippen LogP contribution in [0.2, 0.25) is 10.0 Å². The van der Waals surface area contributed by atoms with E-state index in [4.69, 9.17) is 23.2 Å². The number of thioether (sulfide) groups is 1. The third-order valence-electron chi connectivity index (χ3n) is 4.44. The molecule has 0 spiro atoms. The maximum atomic E-state index is 12.8. The first-order valence-corrected chi connectivity index (χ1v) is 13.2. The van der Waals surface area contributed by atoms with Gasteiger partial charge in [-0.25, -0.2) is 8.42 Å². The predicted molar refractivity (Wildman–Crippen MR) is 128 cm³/mol. The van der Waals surface area contributed by atoms with Gasteiger partial charge in [0.1, 0.15) is 6.04 Å². The number of rotatable bonds is 10. The molecule has 5 nitrogen and oxygen atoms in total. The molecule has 0 aromatic heterocycles. The Bertz CT molecular complexity index is 967. The summed E-state index contributed by atoms with van der Waals surface area (Å²) in [6.07, 6.45) is 1.48. The normalized spacial score (nSPS) is 12.4. The SMILES string of the molecule is CCC(C(=O)NCCSCc1ccc(Cl)cc1Cl)N(c1ccc(C)cc1)S(C)(=O)=O. The molecule has 0 radical (unpaired) electrons. The van der Waals surface area contributed by atoms with Crippen LogP contribution in [-0.2, 0) is 20.6 Å². The highest BCUT2D eigenvalue weighted by molar-refractivity contribution is 7.98. The molecule has 0 aliphatic rings. The minimum absolute atomic E-state index is 0.311. The van der Waals surface area contributed by atoms with E-state index in [0.29, 0.717) is 40.2 Å². The summed E-state index contributed by atoms with van der Waals surface area (Å²) in [5, 5.41) is 4.07. The second kappa shape index (κ2) is 11.3. The summed E-state index contributed by atoms with van der Waals surface area (Å²) in [5.74, 6) is 1.06. The molecular formula is C21H26Cl2N2O3S2. The Morgan fingerprint density at radius 3 is 2.40 bits per heavy atom. The van der Waals surface area contributed by atoms with Crippen LogP contribution in [0.3, 0.4) is 0 Å². The number of carbonyl (C=O) groups excluding carboxylic acids is 1. The van der Waals surface area contributed by atoms with Gasteiger partial charge >= 0.3 is 0 Å². The van der Waals surface area contributed by atoms with Gasteiger partial charge in [-0.1, -0.05) is 53.9 Å². The fourth-order valence-corrected chi connectivity index (χ4v) is 5.57. The molecule has 0 aliphatic heterocycles. The molecule has 0 heterocycles. The van der Waals surface area contributed by atoms with Crippen molar-refractivity contribution in [1.29, 1.82) is 0 Å². The van der Waals surface area contributed by atoms with Gasteiger partial charge < -0.3 is 5.32 Å². The lowest BCUT2D eigenvalue weighted by Gasteiger charge is -2.30. The molecule has 30 heavy (non-hydrogen) atoms. The minimum Gasteiger partial charge on any atom is -0.353 e. The van der Waals surface area contributed by atoms with Gasteiger partial charge in [0.15, 0.2) is 0 Å². The first-order valence-electron chi connectivity index (χ1n) is 9.49. The van der Waals surface area contributed by atoms with Crippen molar-refractivity contribution in [2.24, 2.45) is 0 Å². The molecule has 0 aliphatic carbocycles. The van der Waals surface area contributed by atoms with Crippen LogP contribution in [0.25, 0.3) is 0 Å². The molecule has 2 rings (SSSR count). The van der Waals surface area contributed by atoms with Crippen LogP contribution in [-0.4, -0.2) is 38.9 Å². The number of hydrogen-bond acceptors (Lipinski definition) is 4. The van der Waals surface area contributed by atoms with Crippen molar-refractivity contribution in [3.63, 3.8) is 0 Å². The van der Waals surface area contributed by atoms with E-state index in [-0.39, 0.29) is 5.91 Å². The third kappa shape index (κ3) is 7.08. The molecule has 9 heteroatoms. The second-order valence-electron chi connectivity index (χ2n) is 6.90. The number of carbonyl (C=O) groups is 1. The van der Waals surface area contributed by atoms with Crippen molar-refractivity contribution in [2.75, 3.05) is 22.9 Å². The highest BCUT2D eigenvalue weighted by Crippen LogP contribution is 2.25. The van der Waals surface area contributed by atoms with Gasteiger partial charge in [0, 0.05) is 28.1 Å². The highest BCUT2D eigenvalue weighted by Gasteiger charge is 2.31. The number of amides is 1. The number of hydrogen-bond donors (Lipinski definition) is 1. The molecule has 2 aromatic carbocycles. The fourth-order valence-electron chi connectivity index (χ4n) is 2.94. The molecule has 0 saturated carbocycles. The van der Waals surface area contributed by atoms with Gasteiger partial charge in [-0.2, -0.15) is 11.8 Å².